The highest BCUT2D eigenvalue weighted by atomic mass is 19.4. The Labute approximate surface area is 217 Å². The first-order valence-electron chi connectivity index (χ1n) is 12.4. The molecule has 0 bridgehead atoms. The number of urea groups is 1. The Bertz CT molecular complexity index is 1310. The summed E-state index contributed by atoms with van der Waals surface area (Å²) in [7, 11) is 1.56. The van der Waals surface area contributed by atoms with E-state index >= 15 is 0 Å². The van der Waals surface area contributed by atoms with Gasteiger partial charge in [0.15, 0.2) is 0 Å². The zero-order valence-corrected chi connectivity index (χ0v) is 20.7. The van der Waals surface area contributed by atoms with E-state index in [4.69, 9.17) is 0 Å². The van der Waals surface area contributed by atoms with Crippen molar-refractivity contribution in [1.82, 2.24) is 15.1 Å². The number of carbonyl (C=O) groups is 4. The summed E-state index contributed by atoms with van der Waals surface area (Å²) in [5, 5.41) is 5.01. The van der Waals surface area contributed by atoms with Crippen LogP contribution in [0.1, 0.15) is 36.0 Å². The molecule has 1 aliphatic heterocycles. The van der Waals surface area contributed by atoms with Gasteiger partial charge in [-0.25, -0.2) is 4.79 Å². The fourth-order valence-corrected chi connectivity index (χ4v) is 5.60. The smallest absolute Gasteiger partial charge is 0.328 e. The Kier molecular flexibility index (Phi) is 6.19. The van der Waals surface area contributed by atoms with E-state index in [9.17, 15) is 32.3 Å². The highest BCUT2D eigenvalue weighted by Gasteiger charge is 2.64. The summed E-state index contributed by atoms with van der Waals surface area (Å²) in [6.45, 7) is -0.681. The number of alkyl halides is 3. The molecule has 5 rings (SSSR count). The largest absolute Gasteiger partial charge is 0.403 e. The number of fused-ring (bicyclic) bond motifs is 1. The molecule has 1 heterocycles. The summed E-state index contributed by atoms with van der Waals surface area (Å²) >= 11 is 0. The Morgan fingerprint density at radius 3 is 2.32 bits per heavy atom. The van der Waals surface area contributed by atoms with Crippen LogP contribution in [0.5, 0.6) is 0 Å². The molecule has 1 atom stereocenters. The monoisotopic (exact) mass is 528 g/mol. The van der Waals surface area contributed by atoms with Gasteiger partial charge in [0.05, 0.1) is 0 Å². The van der Waals surface area contributed by atoms with Crippen LogP contribution in [-0.2, 0) is 33.8 Å². The van der Waals surface area contributed by atoms with Crippen molar-refractivity contribution in [3.8, 4) is 0 Å². The van der Waals surface area contributed by atoms with Gasteiger partial charge in [-0.1, -0.05) is 42.8 Å². The predicted molar refractivity (Wildman–Crippen MR) is 131 cm³/mol. The zero-order chi connectivity index (χ0) is 27.3. The highest BCUT2D eigenvalue weighted by molar-refractivity contribution is 6.07. The number of nitrogens with one attached hydrogen (secondary N) is 2. The predicted octanol–water partition coefficient (Wildman–Crippen LogP) is 3.41. The van der Waals surface area contributed by atoms with Crippen molar-refractivity contribution in [2.24, 2.45) is 5.41 Å². The lowest BCUT2D eigenvalue weighted by atomic mass is 9.67. The lowest BCUT2D eigenvalue weighted by Gasteiger charge is -2.44. The fraction of sp³-hybridized carbons (Fsp3) is 0.407. The molecule has 8 nitrogen and oxygen atoms in total. The summed E-state index contributed by atoms with van der Waals surface area (Å²) in [6, 6.07) is 13.2. The van der Waals surface area contributed by atoms with Gasteiger partial charge in [-0.15, -0.1) is 0 Å². The standard InChI is InChI=1S/C27H27F3N4O4/c1-33-24(38)32-22(36)26(33)13-18-8-9-20(12-19(18)14-26)31-21(35)16-34(15-17-6-3-2-4-7-17)23(37)25(10-5-11-25)27(28,29)30/h2-4,6-9,12H,5,10-11,13-16H2,1H3,(H,31,35)(H,32,36,38)/t26-/m0/s1. The Balaban J connectivity index is 1.33. The van der Waals surface area contributed by atoms with Gasteiger partial charge in [-0.2, -0.15) is 13.2 Å². The number of hydrogen-bond donors (Lipinski definition) is 2. The first kappa shape index (κ1) is 25.7. The van der Waals surface area contributed by atoms with Crippen molar-refractivity contribution < 1.29 is 32.3 Å². The molecule has 2 aromatic carbocycles. The third-order valence-electron chi connectivity index (χ3n) is 8.04. The summed E-state index contributed by atoms with van der Waals surface area (Å²) < 4.78 is 41.8. The maximum Gasteiger partial charge on any atom is 0.403 e. The Morgan fingerprint density at radius 2 is 1.74 bits per heavy atom. The topological polar surface area (TPSA) is 98.8 Å². The second-order valence-corrected chi connectivity index (χ2v) is 10.3. The molecule has 11 heteroatoms. The number of imide groups is 1. The number of anilines is 1. The number of nitrogens with zero attached hydrogens (tertiary/aromatic N) is 2. The van der Waals surface area contributed by atoms with Gasteiger partial charge in [0, 0.05) is 32.1 Å². The minimum Gasteiger partial charge on any atom is -0.328 e. The van der Waals surface area contributed by atoms with Gasteiger partial charge in [0.1, 0.15) is 17.5 Å². The highest BCUT2D eigenvalue weighted by Crippen LogP contribution is 2.54. The molecular formula is C27H27F3N4O4. The normalized spacial score (nSPS) is 21.6. The summed E-state index contributed by atoms with van der Waals surface area (Å²) in [5.41, 5.74) is -0.841. The van der Waals surface area contributed by atoms with Gasteiger partial charge in [-0.3, -0.25) is 19.7 Å². The van der Waals surface area contributed by atoms with Crippen LogP contribution in [0.4, 0.5) is 23.7 Å². The summed E-state index contributed by atoms with van der Waals surface area (Å²) in [4.78, 5) is 53.1. The second-order valence-electron chi connectivity index (χ2n) is 10.3. The van der Waals surface area contributed by atoms with Crippen LogP contribution in [0.15, 0.2) is 48.5 Å². The average molecular weight is 529 g/mol. The van der Waals surface area contributed by atoms with Crippen molar-refractivity contribution in [3.63, 3.8) is 0 Å². The van der Waals surface area contributed by atoms with E-state index in [1.54, 1.807) is 55.6 Å². The second kappa shape index (κ2) is 9.14. The number of rotatable bonds is 6. The van der Waals surface area contributed by atoms with Gasteiger partial charge in [0.25, 0.3) is 5.91 Å². The van der Waals surface area contributed by atoms with Crippen molar-refractivity contribution in [1.29, 1.82) is 0 Å². The Hall–Kier alpha value is -3.89. The number of likely N-dealkylation sites (N-methyl/N-ethyl adjacent to an activating group) is 1. The Morgan fingerprint density at radius 1 is 1.05 bits per heavy atom. The minimum absolute atomic E-state index is 0.132. The van der Waals surface area contributed by atoms with Gasteiger partial charge in [-0.05, 0) is 41.7 Å². The molecule has 0 radical (unpaired) electrons. The van der Waals surface area contributed by atoms with E-state index in [1.165, 1.54) is 4.90 Å². The molecule has 1 spiro atoms. The molecule has 2 aromatic rings. The number of hydrogen-bond acceptors (Lipinski definition) is 4. The van der Waals surface area contributed by atoms with Gasteiger partial charge >= 0.3 is 12.2 Å². The number of carbonyl (C=O) groups excluding carboxylic acids is 4. The molecule has 2 N–H and O–H groups in total. The molecule has 5 amide bonds. The van der Waals surface area contributed by atoms with Crippen LogP contribution in [0.3, 0.4) is 0 Å². The van der Waals surface area contributed by atoms with Gasteiger partial charge in [0.2, 0.25) is 11.8 Å². The number of benzene rings is 2. The molecule has 3 aliphatic rings. The number of amides is 5. The van der Waals surface area contributed by atoms with Crippen molar-refractivity contribution in [2.45, 2.75) is 50.4 Å². The maximum absolute atomic E-state index is 13.9. The van der Waals surface area contributed by atoms with Crippen LogP contribution in [0.2, 0.25) is 0 Å². The first-order valence-corrected chi connectivity index (χ1v) is 12.4. The van der Waals surface area contributed by atoms with Crippen LogP contribution in [0.25, 0.3) is 0 Å². The first-order chi connectivity index (χ1) is 17.9. The van der Waals surface area contributed by atoms with E-state index < -0.39 is 41.5 Å². The van der Waals surface area contributed by atoms with Crippen LogP contribution in [0, 0.1) is 5.41 Å². The van der Waals surface area contributed by atoms with Crippen molar-refractivity contribution in [2.75, 3.05) is 18.9 Å². The molecule has 0 unspecified atom stereocenters. The van der Waals surface area contributed by atoms with Crippen LogP contribution in [-0.4, -0.2) is 58.9 Å². The average Bonchev–Trinajstić information content (AvgIpc) is 3.30. The van der Waals surface area contributed by atoms with E-state index in [0.29, 0.717) is 24.1 Å². The van der Waals surface area contributed by atoms with E-state index in [0.717, 1.165) is 16.0 Å². The molecular weight excluding hydrogens is 501 g/mol. The molecule has 2 fully saturated rings. The fourth-order valence-electron chi connectivity index (χ4n) is 5.60. The minimum atomic E-state index is -4.70. The third-order valence-corrected chi connectivity index (χ3v) is 8.04. The van der Waals surface area contributed by atoms with Gasteiger partial charge < -0.3 is 15.1 Å². The summed E-state index contributed by atoms with van der Waals surface area (Å²) in [5.74, 6) is -2.10. The molecule has 200 valence electrons. The molecule has 1 saturated carbocycles. The maximum atomic E-state index is 13.9. The molecule has 38 heavy (non-hydrogen) atoms. The van der Waals surface area contributed by atoms with E-state index in [-0.39, 0.29) is 31.7 Å². The van der Waals surface area contributed by atoms with E-state index in [2.05, 4.69) is 10.6 Å². The van der Waals surface area contributed by atoms with Crippen LogP contribution < -0.4 is 10.6 Å². The third kappa shape index (κ3) is 4.19. The quantitative estimate of drug-likeness (QED) is 0.562. The van der Waals surface area contributed by atoms with E-state index in [1.807, 2.05) is 0 Å². The molecule has 0 aromatic heterocycles. The summed E-state index contributed by atoms with van der Waals surface area (Å²) in [6.07, 6.45) is -4.38. The lowest BCUT2D eigenvalue weighted by molar-refractivity contribution is -0.248. The number of halogens is 3. The van der Waals surface area contributed by atoms with Crippen molar-refractivity contribution in [3.05, 3.63) is 65.2 Å². The zero-order valence-electron chi connectivity index (χ0n) is 20.7. The molecule has 2 aliphatic carbocycles. The lowest BCUT2D eigenvalue weighted by Crippen LogP contribution is -2.57. The molecule has 1 saturated heterocycles. The SMILES string of the molecule is CN1C(=O)NC(=O)[C@@]12Cc1ccc(NC(=O)CN(Cc3ccccc3)C(=O)C3(C(F)(F)F)CCC3)cc1C2. The van der Waals surface area contributed by atoms with Crippen LogP contribution >= 0.6 is 0 Å². The van der Waals surface area contributed by atoms with Crippen molar-refractivity contribution >= 4 is 29.4 Å².